The number of halogens is 1. The Labute approximate surface area is 84.3 Å². The minimum atomic E-state index is -2.76. The average molecular weight is 224 g/mol. The van der Waals surface area contributed by atoms with Gasteiger partial charge in [0.15, 0.2) is 9.84 Å². The van der Waals surface area contributed by atoms with Crippen molar-refractivity contribution in [3.8, 4) is 0 Å². The molecule has 13 heavy (non-hydrogen) atoms. The van der Waals surface area contributed by atoms with E-state index in [2.05, 4.69) is 0 Å². The van der Waals surface area contributed by atoms with E-state index in [1.807, 2.05) is 18.0 Å². The van der Waals surface area contributed by atoms with Crippen molar-refractivity contribution in [1.29, 1.82) is 0 Å². The number of nitrogens with zero attached hydrogens (tertiary/aromatic N) is 1. The van der Waals surface area contributed by atoms with Gasteiger partial charge in [-0.15, -0.1) is 0 Å². The highest BCUT2D eigenvalue weighted by Crippen LogP contribution is 2.16. The Hall–Kier alpha value is -0.0600. The summed E-state index contributed by atoms with van der Waals surface area (Å²) in [5, 5.41) is 0. The van der Waals surface area contributed by atoms with Crippen molar-refractivity contribution in [3.63, 3.8) is 0 Å². The van der Waals surface area contributed by atoms with Gasteiger partial charge in [0.25, 0.3) is 0 Å². The highest BCUT2D eigenvalue weighted by molar-refractivity contribution is 7.91. The molecule has 1 aliphatic heterocycles. The summed E-state index contributed by atoms with van der Waals surface area (Å²) in [5.41, 5.74) is 1.46. The molecule has 0 bridgehead atoms. The van der Waals surface area contributed by atoms with Gasteiger partial charge in [0.05, 0.1) is 11.5 Å². The molecule has 5 heteroatoms. The molecule has 0 aliphatic carbocycles. The van der Waals surface area contributed by atoms with Gasteiger partial charge in [-0.05, 0) is 13.5 Å². The monoisotopic (exact) mass is 223 g/mol. The molecule has 0 aromatic rings. The maximum atomic E-state index is 11.1. The first-order valence-corrected chi connectivity index (χ1v) is 6.47. The summed E-state index contributed by atoms with van der Waals surface area (Å²) in [6.45, 7) is 0.712. The molecule has 1 rings (SSSR count). The molecule has 0 amide bonds. The van der Waals surface area contributed by atoms with Gasteiger partial charge in [0, 0.05) is 18.1 Å². The lowest BCUT2D eigenvalue weighted by Crippen LogP contribution is -2.32. The Morgan fingerprint density at radius 3 is 2.77 bits per heavy atom. The highest BCUT2D eigenvalue weighted by atomic mass is 35.5. The average Bonchev–Trinajstić information content (AvgIpc) is 2.42. The van der Waals surface area contributed by atoms with E-state index < -0.39 is 9.84 Å². The first-order valence-electron chi connectivity index (χ1n) is 4.21. The van der Waals surface area contributed by atoms with Gasteiger partial charge in [-0.3, -0.25) is 4.90 Å². The third-order valence-electron chi connectivity index (χ3n) is 2.31. The summed E-state index contributed by atoms with van der Waals surface area (Å²) in [5.74, 6) is 0.617. The van der Waals surface area contributed by atoms with E-state index in [-0.39, 0.29) is 6.04 Å². The minimum Gasteiger partial charge on any atom is -0.299 e. The molecule has 0 spiro atoms. The zero-order valence-electron chi connectivity index (χ0n) is 7.61. The normalized spacial score (nSPS) is 27.5. The van der Waals surface area contributed by atoms with Crippen molar-refractivity contribution >= 4 is 21.4 Å². The summed E-state index contributed by atoms with van der Waals surface area (Å²) < 4.78 is 22.3. The van der Waals surface area contributed by atoms with Crippen LogP contribution in [0.25, 0.3) is 0 Å². The van der Waals surface area contributed by atoms with Crippen molar-refractivity contribution in [3.05, 3.63) is 11.6 Å². The van der Waals surface area contributed by atoms with Crippen LogP contribution in [-0.2, 0) is 9.84 Å². The van der Waals surface area contributed by atoms with Crippen LogP contribution in [-0.4, -0.2) is 44.5 Å². The summed E-state index contributed by atoms with van der Waals surface area (Å²) in [4.78, 5) is 2.02. The Balaban J connectivity index is 2.46. The van der Waals surface area contributed by atoms with Crippen LogP contribution in [0.2, 0.25) is 0 Å². The van der Waals surface area contributed by atoms with Crippen molar-refractivity contribution < 1.29 is 8.42 Å². The second-order valence-corrected chi connectivity index (χ2v) is 5.84. The smallest absolute Gasteiger partial charge is 0.151 e. The fourth-order valence-corrected chi connectivity index (χ4v) is 3.36. The summed E-state index contributed by atoms with van der Waals surface area (Å²) >= 11 is 5.38. The van der Waals surface area contributed by atoms with Crippen LogP contribution in [0.3, 0.4) is 0 Å². The van der Waals surface area contributed by atoms with E-state index in [9.17, 15) is 8.42 Å². The van der Waals surface area contributed by atoms with E-state index in [0.717, 1.165) is 6.42 Å². The molecule has 3 nitrogen and oxygen atoms in total. The predicted octanol–water partition coefficient (Wildman–Crippen LogP) is 0.858. The van der Waals surface area contributed by atoms with E-state index in [4.69, 9.17) is 11.6 Å². The van der Waals surface area contributed by atoms with Crippen LogP contribution >= 0.6 is 11.6 Å². The first-order chi connectivity index (χ1) is 6.05. The molecule has 0 saturated carbocycles. The summed E-state index contributed by atoms with van der Waals surface area (Å²) in [6.07, 6.45) is 2.56. The standard InChI is InChI=1S/C8H14ClNO2S/c1-10(5-2-4-9)8-3-6-13(11,12)7-8/h2,4,8H,3,5-7H2,1H3/b4-2+. The zero-order valence-corrected chi connectivity index (χ0v) is 9.18. The Morgan fingerprint density at radius 1 is 1.62 bits per heavy atom. The number of hydrogen-bond donors (Lipinski definition) is 0. The maximum Gasteiger partial charge on any atom is 0.151 e. The number of rotatable bonds is 3. The lowest BCUT2D eigenvalue weighted by molar-refractivity contribution is 0.289. The van der Waals surface area contributed by atoms with Gasteiger partial charge in [-0.1, -0.05) is 17.7 Å². The molecule has 1 atom stereocenters. The van der Waals surface area contributed by atoms with Crippen molar-refractivity contribution in [1.82, 2.24) is 4.90 Å². The van der Waals surface area contributed by atoms with Crippen LogP contribution in [0.4, 0.5) is 0 Å². The van der Waals surface area contributed by atoms with Gasteiger partial charge in [-0.25, -0.2) is 8.42 Å². The Morgan fingerprint density at radius 2 is 2.31 bits per heavy atom. The third-order valence-corrected chi connectivity index (χ3v) is 4.24. The molecule has 0 N–H and O–H groups in total. The fraction of sp³-hybridized carbons (Fsp3) is 0.750. The first kappa shape index (κ1) is 11.0. The van der Waals surface area contributed by atoms with Crippen molar-refractivity contribution in [2.45, 2.75) is 12.5 Å². The lowest BCUT2D eigenvalue weighted by atomic mass is 10.2. The third kappa shape index (κ3) is 3.29. The Bertz CT molecular complexity index is 287. The quantitative estimate of drug-likeness (QED) is 0.712. The Kier molecular flexibility index (Phi) is 3.76. The number of hydrogen-bond acceptors (Lipinski definition) is 3. The summed E-state index contributed by atoms with van der Waals surface area (Å²) in [6, 6.07) is 0.165. The lowest BCUT2D eigenvalue weighted by Gasteiger charge is -2.20. The molecule has 0 radical (unpaired) electrons. The second-order valence-electron chi connectivity index (χ2n) is 3.36. The van der Waals surface area contributed by atoms with Crippen LogP contribution in [0.1, 0.15) is 6.42 Å². The molecule has 0 aromatic heterocycles. The largest absolute Gasteiger partial charge is 0.299 e. The summed E-state index contributed by atoms with van der Waals surface area (Å²) in [7, 11) is -0.845. The molecule has 1 unspecified atom stereocenters. The predicted molar refractivity (Wildman–Crippen MR) is 54.7 cm³/mol. The van der Waals surface area contributed by atoms with Gasteiger partial charge in [0.2, 0.25) is 0 Å². The maximum absolute atomic E-state index is 11.1. The van der Waals surface area contributed by atoms with Crippen molar-refractivity contribution in [2.75, 3.05) is 25.1 Å². The minimum absolute atomic E-state index is 0.165. The fourth-order valence-electron chi connectivity index (χ4n) is 1.48. The number of sulfone groups is 1. The van der Waals surface area contributed by atoms with Crippen LogP contribution < -0.4 is 0 Å². The van der Waals surface area contributed by atoms with Gasteiger partial charge >= 0.3 is 0 Å². The van der Waals surface area contributed by atoms with Gasteiger partial charge in [0.1, 0.15) is 0 Å². The molecule has 76 valence electrons. The van der Waals surface area contributed by atoms with E-state index in [1.165, 1.54) is 5.54 Å². The molecular formula is C8H14ClNO2S. The van der Waals surface area contributed by atoms with E-state index in [0.29, 0.717) is 18.1 Å². The zero-order chi connectivity index (χ0) is 9.90. The van der Waals surface area contributed by atoms with Crippen molar-refractivity contribution in [2.24, 2.45) is 0 Å². The van der Waals surface area contributed by atoms with Crippen LogP contribution in [0.5, 0.6) is 0 Å². The SMILES string of the molecule is CN(C/C=C/Cl)C1CCS(=O)(=O)C1. The van der Waals surface area contributed by atoms with Crippen LogP contribution in [0.15, 0.2) is 11.6 Å². The molecule has 1 fully saturated rings. The van der Waals surface area contributed by atoms with Crippen LogP contribution in [0, 0.1) is 0 Å². The topological polar surface area (TPSA) is 37.4 Å². The number of likely N-dealkylation sites (N-methyl/N-ethyl adjacent to an activating group) is 1. The van der Waals surface area contributed by atoms with Gasteiger partial charge in [-0.2, -0.15) is 0 Å². The molecule has 0 aromatic carbocycles. The second kappa shape index (κ2) is 4.44. The molecule has 1 aliphatic rings. The molecule has 1 heterocycles. The van der Waals surface area contributed by atoms with E-state index >= 15 is 0 Å². The van der Waals surface area contributed by atoms with E-state index in [1.54, 1.807) is 0 Å². The highest BCUT2D eigenvalue weighted by Gasteiger charge is 2.29. The van der Waals surface area contributed by atoms with Gasteiger partial charge < -0.3 is 0 Å². The molecule has 1 saturated heterocycles. The molecular weight excluding hydrogens is 210 g/mol.